The highest BCUT2D eigenvalue weighted by Gasteiger charge is 2.24. The summed E-state index contributed by atoms with van der Waals surface area (Å²) in [6.07, 6.45) is 9.38. The van der Waals surface area contributed by atoms with E-state index >= 15 is 0 Å². The zero-order valence-corrected chi connectivity index (χ0v) is 17.0. The Labute approximate surface area is 164 Å². The van der Waals surface area contributed by atoms with Gasteiger partial charge in [0.1, 0.15) is 5.01 Å². The van der Waals surface area contributed by atoms with Gasteiger partial charge in [0.2, 0.25) is 0 Å². The third kappa shape index (κ3) is 4.17. The topological polar surface area (TPSA) is 62.8 Å². The molecule has 1 aromatic carbocycles. The van der Waals surface area contributed by atoms with Gasteiger partial charge in [0.25, 0.3) is 0 Å². The monoisotopic (exact) mass is 400 g/mol. The number of aromatic amines is 1. The van der Waals surface area contributed by atoms with Crippen molar-refractivity contribution in [1.82, 2.24) is 9.97 Å². The standard InChI is InChI=1S/C21H24N2O2S2/c1-27(24,25)17-8-6-16(7-9-17)18(14-15-4-2-3-5-15)19-10-11-20(23-19)21-22-12-13-26-21/h6-13,15,18,23H,2-5,14H2,1H3. The molecule has 0 bridgehead atoms. The van der Waals surface area contributed by atoms with E-state index in [9.17, 15) is 8.42 Å². The van der Waals surface area contributed by atoms with Crippen molar-refractivity contribution >= 4 is 21.2 Å². The van der Waals surface area contributed by atoms with E-state index in [1.54, 1.807) is 23.5 Å². The molecule has 1 aliphatic rings. The first kappa shape index (κ1) is 18.4. The van der Waals surface area contributed by atoms with Crippen LogP contribution in [0.2, 0.25) is 0 Å². The lowest BCUT2D eigenvalue weighted by Gasteiger charge is -2.20. The lowest BCUT2D eigenvalue weighted by molar-refractivity contribution is 0.469. The number of rotatable bonds is 6. The fourth-order valence-corrected chi connectivity index (χ4v) is 5.31. The van der Waals surface area contributed by atoms with E-state index in [1.807, 2.05) is 23.7 Å². The lowest BCUT2D eigenvalue weighted by atomic mass is 9.86. The van der Waals surface area contributed by atoms with Crippen LogP contribution in [0.15, 0.2) is 52.9 Å². The molecule has 0 spiro atoms. The number of H-pyrrole nitrogens is 1. The van der Waals surface area contributed by atoms with Crippen molar-refractivity contribution < 1.29 is 8.42 Å². The van der Waals surface area contributed by atoms with E-state index in [0.717, 1.165) is 23.0 Å². The zero-order valence-electron chi connectivity index (χ0n) is 15.4. The molecule has 4 nitrogen and oxygen atoms in total. The molecule has 1 fully saturated rings. The van der Waals surface area contributed by atoms with Gasteiger partial charge in [-0.25, -0.2) is 13.4 Å². The van der Waals surface area contributed by atoms with Crippen molar-refractivity contribution in [3.8, 4) is 10.7 Å². The third-order valence-corrected chi connectivity index (χ3v) is 7.44. The zero-order chi connectivity index (χ0) is 18.9. The molecule has 142 valence electrons. The Bertz CT molecular complexity index is 983. The second kappa shape index (κ2) is 7.60. The molecular formula is C21H24N2O2S2. The third-order valence-electron chi connectivity index (χ3n) is 5.50. The fourth-order valence-electron chi connectivity index (χ4n) is 4.07. The summed E-state index contributed by atoms with van der Waals surface area (Å²) < 4.78 is 23.6. The summed E-state index contributed by atoms with van der Waals surface area (Å²) in [6, 6.07) is 11.7. The predicted molar refractivity (Wildman–Crippen MR) is 110 cm³/mol. The van der Waals surface area contributed by atoms with Gasteiger partial charge in [-0.05, 0) is 42.2 Å². The first-order chi connectivity index (χ1) is 13.0. The average molecular weight is 401 g/mol. The summed E-state index contributed by atoms with van der Waals surface area (Å²) in [5.41, 5.74) is 3.39. The second-order valence-corrected chi connectivity index (χ2v) is 10.4. The minimum absolute atomic E-state index is 0.246. The molecule has 1 saturated carbocycles. The van der Waals surface area contributed by atoms with Crippen LogP contribution in [0.5, 0.6) is 0 Å². The Hall–Kier alpha value is -1.92. The quantitative estimate of drug-likeness (QED) is 0.614. The molecule has 0 radical (unpaired) electrons. The van der Waals surface area contributed by atoms with E-state index in [4.69, 9.17) is 0 Å². The molecule has 2 aromatic heterocycles. The maximum atomic E-state index is 11.8. The highest BCUT2D eigenvalue weighted by molar-refractivity contribution is 7.90. The van der Waals surface area contributed by atoms with E-state index in [-0.39, 0.29) is 5.92 Å². The maximum absolute atomic E-state index is 11.8. The minimum Gasteiger partial charge on any atom is -0.356 e. The normalized spacial score (nSPS) is 16.6. The van der Waals surface area contributed by atoms with Crippen LogP contribution in [0.25, 0.3) is 10.7 Å². The molecule has 27 heavy (non-hydrogen) atoms. The molecular weight excluding hydrogens is 376 g/mol. The molecule has 0 amide bonds. The first-order valence-electron chi connectivity index (χ1n) is 9.39. The van der Waals surface area contributed by atoms with Crippen LogP contribution in [0.1, 0.15) is 49.3 Å². The molecule has 3 aromatic rings. The van der Waals surface area contributed by atoms with Crippen molar-refractivity contribution in [2.24, 2.45) is 5.92 Å². The molecule has 1 unspecified atom stereocenters. The molecule has 0 saturated heterocycles. The number of thiazole rings is 1. The highest BCUT2D eigenvalue weighted by atomic mass is 32.2. The number of nitrogens with one attached hydrogen (secondary N) is 1. The Balaban J connectivity index is 1.66. The van der Waals surface area contributed by atoms with Gasteiger partial charge in [0, 0.05) is 29.4 Å². The van der Waals surface area contributed by atoms with Crippen molar-refractivity contribution in [1.29, 1.82) is 0 Å². The molecule has 1 N–H and O–H groups in total. The molecule has 2 heterocycles. The predicted octanol–water partition coefficient (Wildman–Crippen LogP) is 5.25. The SMILES string of the molecule is CS(=O)(=O)c1ccc(C(CC2CCCC2)c2ccc(-c3nccs3)[nH]2)cc1. The number of hydrogen-bond acceptors (Lipinski definition) is 4. The van der Waals surface area contributed by atoms with Crippen LogP contribution in [0.4, 0.5) is 0 Å². The number of nitrogens with zero attached hydrogens (tertiary/aromatic N) is 1. The van der Waals surface area contributed by atoms with Gasteiger partial charge >= 0.3 is 0 Å². The van der Waals surface area contributed by atoms with Crippen LogP contribution < -0.4 is 0 Å². The van der Waals surface area contributed by atoms with Crippen molar-refractivity contribution in [2.45, 2.75) is 42.9 Å². The summed E-state index contributed by atoms with van der Waals surface area (Å²) in [7, 11) is -3.17. The van der Waals surface area contributed by atoms with Crippen LogP contribution in [0.3, 0.4) is 0 Å². The summed E-state index contributed by atoms with van der Waals surface area (Å²) in [5.74, 6) is 0.978. The molecule has 0 aliphatic heterocycles. The van der Waals surface area contributed by atoms with Gasteiger partial charge in [0.15, 0.2) is 9.84 Å². The molecule has 6 heteroatoms. The van der Waals surface area contributed by atoms with Crippen LogP contribution >= 0.6 is 11.3 Å². The maximum Gasteiger partial charge on any atom is 0.175 e. The van der Waals surface area contributed by atoms with Gasteiger partial charge in [-0.2, -0.15) is 0 Å². The van der Waals surface area contributed by atoms with E-state index < -0.39 is 9.84 Å². The Morgan fingerprint density at radius 2 is 1.89 bits per heavy atom. The molecule has 4 rings (SSSR count). The van der Waals surface area contributed by atoms with Crippen LogP contribution in [0, 0.1) is 5.92 Å². The van der Waals surface area contributed by atoms with Gasteiger partial charge < -0.3 is 4.98 Å². The number of benzene rings is 1. The van der Waals surface area contributed by atoms with Crippen molar-refractivity contribution in [2.75, 3.05) is 6.26 Å². The minimum atomic E-state index is -3.17. The van der Waals surface area contributed by atoms with Crippen molar-refractivity contribution in [3.05, 3.63) is 59.2 Å². The average Bonchev–Trinajstić information content (AvgIpc) is 3.41. The Morgan fingerprint density at radius 3 is 2.52 bits per heavy atom. The van der Waals surface area contributed by atoms with Gasteiger partial charge in [0.05, 0.1) is 10.6 Å². The smallest absolute Gasteiger partial charge is 0.175 e. The van der Waals surface area contributed by atoms with E-state index in [0.29, 0.717) is 4.90 Å². The highest BCUT2D eigenvalue weighted by Crippen LogP contribution is 2.38. The van der Waals surface area contributed by atoms with Gasteiger partial charge in [-0.1, -0.05) is 37.8 Å². The van der Waals surface area contributed by atoms with E-state index in [1.165, 1.54) is 43.2 Å². The fraction of sp³-hybridized carbons (Fsp3) is 0.381. The molecule has 1 atom stereocenters. The number of hydrogen-bond donors (Lipinski definition) is 1. The number of sulfone groups is 1. The second-order valence-electron chi connectivity index (χ2n) is 7.44. The van der Waals surface area contributed by atoms with Crippen LogP contribution in [-0.4, -0.2) is 24.6 Å². The van der Waals surface area contributed by atoms with E-state index in [2.05, 4.69) is 22.1 Å². The Morgan fingerprint density at radius 1 is 1.15 bits per heavy atom. The summed E-state index contributed by atoms with van der Waals surface area (Å²) in [4.78, 5) is 8.33. The van der Waals surface area contributed by atoms with Crippen LogP contribution in [-0.2, 0) is 9.84 Å². The lowest BCUT2D eigenvalue weighted by Crippen LogP contribution is -2.08. The largest absolute Gasteiger partial charge is 0.356 e. The molecule has 1 aliphatic carbocycles. The summed E-state index contributed by atoms with van der Waals surface area (Å²) >= 11 is 1.63. The van der Waals surface area contributed by atoms with Gasteiger partial charge in [-0.3, -0.25) is 0 Å². The van der Waals surface area contributed by atoms with Crippen molar-refractivity contribution in [3.63, 3.8) is 0 Å². The van der Waals surface area contributed by atoms with Gasteiger partial charge in [-0.15, -0.1) is 11.3 Å². The number of aromatic nitrogens is 2. The summed E-state index contributed by atoms with van der Waals surface area (Å²) in [5, 5.41) is 2.98. The summed E-state index contributed by atoms with van der Waals surface area (Å²) in [6.45, 7) is 0. The first-order valence-corrected chi connectivity index (χ1v) is 12.2. The Kier molecular flexibility index (Phi) is 5.19.